The molecule has 2 unspecified atom stereocenters. The molecule has 2 aromatic carbocycles. The monoisotopic (exact) mass is 428 g/mol. The summed E-state index contributed by atoms with van der Waals surface area (Å²) in [6.45, 7) is 7.00. The van der Waals surface area contributed by atoms with Crippen LogP contribution in [0.15, 0.2) is 61.7 Å². The van der Waals surface area contributed by atoms with E-state index in [1.54, 1.807) is 6.08 Å². The number of benzene rings is 2. The fraction of sp³-hybridized carbons (Fsp3) is 0.360. The van der Waals surface area contributed by atoms with Gasteiger partial charge in [-0.15, -0.1) is 13.2 Å². The molecule has 0 radical (unpaired) electrons. The minimum absolute atomic E-state index is 0.0237. The quantitative estimate of drug-likeness (QED) is 0.344. The van der Waals surface area contributed by atoms with Gasteiger partial charge in [0.1, 0.15) is 36.9 Å². The molecule has 0 aliphatic rings. The van der Waals surface area contributed by atoms with E-state index >= 15 is 0 Å². The highest BCUT2D eigenvalue weighted by molar-refractivity contribution is 5.43. The molecule has 0 aliphatic carbocycles. The highest BCUT2D eigenvalue weighted by Gasteiger charge is 2.11. The van der Waals surface area contributed by atoms with Crippen LogP contribution in [0.25, 0.3) is 0 Å². The molecule has 0 spiro atoms. The van der Waals surface area contributed by atoms with Crippen LogP contribution < -0.4 is 9.47 Å². The second kappa shape index (κ2) is 12.9. The Bertz CT molecular complexity index is 848. The second-order valence-electron chi connectivity index (χ2n) is 7.33. The van der Waals surface area contributed by atoms with Crippen LogP contribution in [-0.4, -0.2) is 59.1 Å². The van der Waals surface area contributed by atoms with Gasteiger partial charge in [0.05, 0.1) is 13.2 Å². The van der Waals surface area contributed by atoms with Crippen LogP contribution >= 0.6 is 0 Å². The summed E-state index contributed by atoms with van der Waals surface area (Å²) in [6.07, 6.45) is 3.79. The molecule has 0 fully saturated rings. The first-order valence-corrected chi connectivity index (χ1v) is 10.3. The van der Waals surface area contributed by atoms with Crippen LogP contribution in [0.4, 0.5) is 0 Å². The first-order chi connectivity index (χ1) is 15.0. The molecule has 0 amide bonds. The molecule has 2 rings (SSSR count). The first kappa shape index (κ1) is 24.6. The number of ether oxygens (including phenoxy) is 2. The van der Waals surface area contributed by atoms with E-state index in [0.717, 1.165) is 22.3 Å². The van der Waals surface area contributed by atoms with Gasteiger partial charge in [-0.05, 0) is 59.7 Å². The molecule has 31 heavy (non-hydrogen) atoms. The second-order valence-corrected chi connectivity index (χ2v) is 7.33. The molecule has 4 N–H and O–H groups in total. The van der Waals surface area contributed by atoms with E-state index in [1.807, 2.05) is 36.4 Å². The Morgan fingerprint density at radius 3 is 2.06 bits per heavy atom. The van der Waals surface area contributed by atoms with Crippen LogP contribution in [0.2, 0.25) is 0 Å². The molecule has 6 heteroatoms. The number of hydrogen-bond acceptors (Lipinski definition) is 6. The van der Waals surface area contributed by atoms with Crippen molar-refractivity contribution in [1.82, 2.24) is 0 Å². The topological polar surface area (TPSA) is 99.4 Å². The third-order valence-electron chi connectivity index (χ3n) is 4.72. The van der Waals surface area contributed by atoms with E-state index < -0.39 is 12.2 Å². The van der Waals surface area contributed by atoms with E-state index in [-0.39, 0.29) is 26.4 Å². The summed E-state index contributed by atoms with van der Waals surface area (Å²) in [7, 11) is 0. The van der Waals surface area contributed by atoms with Crippen molar-refractivity contribution >= 4 is 0 Å². The predicted molar refractivity (Wildman–Crippen MR) is 121 cm³/mol. The van der Waals surface area contributed by atoms with Gasteiger partial charge in [0, 0.05) is 0 Å². The summed E-state index contributed by atoms with van der Waals surface area (Å²) in [5, 5.41) is 36.9. The van der Waals surface area contributed by atoms with E-state index in [9.17, 15) is 10.2 Å². The van der Waals surface area contributed by atoms with Crippen LogP contribution in [0, 0.1) is 0 Å². The Morgan fingerprint density at radius 1 is 0.774 bits per heavy atom. The van der Waals surface area contributed by atoms with Gasteiger partial charge in [-0.25, -0.2) is 0 Å². The molecular formula is C25H32O6. The van der Waals surface area contributed by atoms with Gasteiger partial charge in [0.25, 0.3) is 0 Å². The van der Waals surface area contributed by atoms with Gasteiger partial charge in [-0.2, -0.15) is 0 Å². The van der Waals surface area contributed by atoms with Gasteiger partial charge >= 0.3 is 0 Å². The lowest BCUT2D eigenvalue weighted by Gasteiger charge is -2.16. The zero-order chi connectivity index (χ0) is 22.6. The number of allylic oxidation sites excluding steroid dienone is 2. The molecule has 0 saturated carbocycles. The molecule has 6 nitrogen and oxygen atoms in total. The Balaban J connectivity index is 2.20. The van der Waals surface area contributed by atoms with E-state index in [4.69, 9.17) is 19.7 Å². The average Bonchev–Trinajstić information content (AvgIpc) is 2.78. The van der Waals surface area contributed by atoms with Crippen molar-refractivity contribution in [3.63, 3.8) is 0 Å². The third-order valence-corrected chi connectivity index (χ3v) is 4.72. The van der Waals surface area contributed by atoms with Gasteiger partial charge in [-0.3, -0.25) is 0 Å². The normalized spacial score (nSPS) is 12.8. The smallest absolute Gasteiger partial charge is 0.122 e. The van der Waals surface area contributed by atoms with Crippen molar-refractivity contribution in [3.05, 3.63) is 84.0 Å². The van der Waals surface area contributed by atoms with Gasteiger partial charge in [-0.1, -0.05) is 30.4 Å². The minimum Gasteiger partial charge on any atom is -0.491 e. The molecular weight excluding hydrogens is 396 g/mol. The molecule has 0 bridgehead atoms. The highest BCUT2D eigenvalue weighted by atomic mass is 16.5. The zero-order valence-electron chi connectivity index (χ0n) is 17.7. The lowest BCUT2D eigenvalue weighted by atomic mass is 9.96. The lowest BCUT2D eigenvalue weighted by molar-refractivity contribution is 0.0533. The Morgan fingerprint density at radius 2 is 1.42 bits per heavy atom. The van der Waals surface area contributed by atoms with E-state index in [0.29, 0.717) is 30.8 Å². The van der Waals surface area contributed by atoms with Gasteiger partial charge < -0.3 is 29.9 Å². The van der Waals surface area contributed by atoms with Crippen molar-refractivity contribution < 1.29 is 29.9 Å². The van der Waals surface area contributed by atoms with E-state index in [1.165, 1.54) is 0 Å². The molecule has 2 atom stereocenters. The maximum absolute atomic E-state index is 9.54. The SMILES string of the molecule is C=CCc1cc(OCC(O)CO)ccc1Cc1ccc(OCC(O)CO)c(CC=C)c1. The molecule has 2 aromatic rings. The van der Waals surface area contributed by atoms with Crippen molar-refractivity contribution in [2.75, 3.05) is 26.4 Å². The Kier molecular flexibility index (Phi) is 10.3. The summed E-state index contributed by atoms with van der Waals surface area (Å²) < 4.78 is 11.2. The fourth-order valence-corrected chi connectivity index (χ4v) is 3.11. The first-order valence-electron chi connectivity index (χ1n) is 10.3. The van der Waals surface area contributed by atoms with Crippen LogP contribution in [-0.2, 0) is 19.3 Å². The standard InChI is InChI=1S/C25H32O6/c1-3-5-19-13-24(30-16-22(28)14-26)9-8-20(19)11-18-7-10-25(21(12-18)6-4-2)31-17-23(29)15-27/h3-4,7-10,12-13,22-23,26-29H,1-2,5-6,11,14-17H2. The Labute approximate surface area is 183 Å². The van der Waals surface area contributed by atoms with Crippen molar-refractivity contribution in [2.45, 2.75) is 31.5 Å². The molecule has 0 saturated heterocycles. The average molecular weight is 429 g/mol. The minimum atomic E-state index is -0.919. The van der Waals surface area contributed by atoms with Gasteiger partial charge in [0.2, 0.25) is 0 Å². The largest absolute Gasteiger partial charge is 0.491 e. The number of hydrogen-bond donors (Lipinski definition) is 4. The van der Waals surface area contributed by atoms with Crippen molar-refractivity contribution in [2.24, 2.45) is 0 Å². The van der Waals surface area contributed by atoms with Crippen molar-refractivity contribution in [1.29, 1.82) is 0 Å². The number of aliphatic hydroxyl groups excluding tert-OH is 4. The van der Waals surface area contributed by atoms with Crippen LogP contribution in [0.5, 0.6) is 11.5 Å². The number of rotatable bonds is 14. The number of aliphatic hydroxyl groups is 4. The lowest BCUT2D eigenvalue weighted by Crippen LogP contribution is -2.21. The zero-order valence-corrected chi connectivity index (χ0v) is 17.7. The van der Waals surface area contributed by atoms with Crippen LogP contribution in [0.1, 0.15) is 22.3 Å². The summed E-state index contributed by atoms with van der Waals surface area (Å²) in [4.78, 5) is 0. The molecule has 0 aromatic heterocycles. The highest BCUT2D eigenvalue weighted by Crippen LogP contribution is 2.26. The maximum atomic E-state index is 9.54. The predicted octanol–water partition coefficient (Wildman–Crippen LogP) is 2.20. The third kappa shape index (κ3) is 7.84. The summed E-state index contributed by atoms with van der Waals surface area (Å²) >= 11 is 0. The maximum Gasteiger partial charge on any atom is 0.122 e. The Hall–Kier alpha value is -2.64. The van der Waals surface area contributed by atoms with E-state index in [2.05, 4.69) is 19.2 Å². The fourth-order valence-electron chi connectivity index (χ4n) is 3.11. The summed E-state index contributed by atoms with van der Waals surface area (Å²) in [5.41, 5.74) is 4.26. The molecule has 0 heterocycles. The molecule has 0 aliphatic heterocycles. The summed E-state index contributed by atoms with van der Waals surface area (Å²) in [6, 6.07) is 11.7. The van der Waals surface area contributed by atoms with Crippen LogP contribution in [0.3, 0.4) is 0 Å². The van der Waals surface area contributed by atoms with Crippen molar-refractivity contribution in [3.8, 4) is 11.5 Å². The summed E-state index contributed by atoms with van der Waals surface area (Å²) in [5.74, 6) is 1.29. The molecule has 168 valence electrons. The van der Waals surface area contributed by atoms with Gasteiger partial charge in [0.15, 0.2) is 0 Å².